The summed E-state index contributed by atoms with van der Waals surface area (Å²) in [7, 11) is 0. The van der Waals surface area contributed by atoms with Crippen molar-refractivity contribution in [1.29, 1.82) is 0 Å². The lowest BCUT2D eigenvalue weighted by atomic mass is 10.0. The number of carboxylic acids is 1. The Morgan fingerprint density at radius 2 is 2.30 bits per heavy atom. The zero-order chi connectivity index (χ0) is 14.3. The van der Waals surface area contributed by atoms with Crippen molar-refractivity contribution < 1.29 is 9.90 Å². The van der Waals surface area contributed by atoms with Crippen LogP contribution >= 0.6 is 23.1 Å². The van der Waals surface area contributed by atoms with Crippen LogP contribution in [0.5, 0.6) is 0 Å². The predicted molar refractivity (Wildman–Crippen MR) is 80.9 cm³/mol. The van der Waals surface area contributed by atoms with Crippen LogP contribution in [0.15, 0.2) is 24.5 Å². The summed E-state index contributed by atoms with van der Waals surface area (Å²) in [5.41, 5.74) is 1.03. The van der Waals surface area contributed by atoms with Crippen LogP contribution < -0.4 is 5.32 Å². The van der Waals surface area contributed by atoms with E-state index in [-0.39, 0.29) is 10.1 Å². The van der Waals surface area contributed by atoms with Gasteiger partial charge in [0.25, 0.3) is 0 Å². The summed E-state index contributed by atoms with van der Waals surface area (Å²) < 4.78 is -0.352. The van der Waals surface area contributed by atoms with Gasteiger partial charge in [-0.2, -0.15) is 0 Å². The largest absolute Gasteiger partial charge is 0.480 e. The second-order valence-electron chi connectivity index (χ2n) is 5.19. The van der Waals surface area contributed by atoms with E-state index < -0.39 is 12.0 Å². The maximum atomic E-state index is 11.3. The fourth-order valence-corrected chi connectivity index (χ4v) is 4.68. The standard InChI is InChI=1S/C13H15N3O2S2/c1-13(2)9(12(17)18)16-11(20-13)10-15-6-8(19-10)7-4-3-5-14-7/h3-6,9,11,14,16H,1-2H3,(H,17,18). The number of hydrogen-bond donors (Lipinski definition) is 3. The lowest BCUT2D eigenvalue weighted by molar-refractivity contribution is -0.139. The fourth-order valence-electron chi connectivity index (χ4n) is 2.27. The predicted octanol–water partition coefficient (Wildman–Crippen LogP) is 2.70. The number of aliphatic carboxylic acids is 1. The minimum atomic E-state index is -0.814. The zero-order valence-electron chi connectivity index (χ0n) is 11.1. The van der Waals surface area contributed by atoms with Crippen molar-refractivity contribution in [1.82, 2.24) is 15.3 Å². The van der Waals surface area contributed by atoms with E-state index in [1.54, 1.807) is 23.1 Å². The Morgan fingerprint density at radius 3 is 2.90 bits per heavy atom. The third kappa shape index (κ3) is 2.36. The van der Waals surface area contributed by atoms with Crippen LogP contribution in [0.25, 0.3) is 10.6 Å². The number of rotatable bonds is 3. The highest BCUT2D eigenvalue weighted by atomic mass is 32.2. The molecule has 0 saturated carbocycles. The van der Waals surface area contributed by atoms with Gasteiger partial charge in [-0.05, 0) is 26.0 Å². The molecule has 0 aliphatic carbocycles. The number of thiazole rings is 1. The molecule has 2 aromatic rings. The number of aromatic amines is 1. The van der Waals surface area contributed by atoms with Gasteiger partial charge in [0.15, 0.2) is 0 Å². The monoisotopic (exact) mass is 309 g/mol. The fraction of sp³-hybridized carbons (Fsp3) is 0.385. The van der Waals surface area contributed by atoms with Crippen molar-refractivity contribution in [3.05, 3.63) is 29.5 Å². The number of carboxylic acid groups (broad SMARTS) is 1. The topological polar surface area (TPSA) is 78.0 Å². The number of nitrogens with one attached hydrogen (secondary N) is 2. The van der Waals surface area contributed by atoms with E-state index in [9.17, 15) is 9.90 Å². The van der Waals surface area contributed by atoms with Crippen molar-refractivity contribution >= 4 is 29.1 Å². The number of thioether (sulfide) groups is 1. The minimum absolute atomic E-state index is 0.0696. The molecule has 0 radical (unpaired) electrons. The van der Waals surface area contributed by atoms with E-state index in [2.05, 4.69) is 15.3 Å². The lowest BCUT2D eigenvalue weighted by Gasteiger charge is -2.20. The van der Waals surface area contributed by atoms with Crippen LogP contribution in [0.4, 0.5) is 0 Å². The average Bonchev–Trinajstić information content (AvgIpc) is 3.04. The average molecular weight is 309 g/mol. The van der Waals surface area contributed by atoms with Gasteiger partial charge < -0.3 is 10.1 Å². The van der Waals surface area contributed by atoms with E-state index in [0.29, 0.717) is 0 Å². The summed E-state index contributed by atoms with van der Waals surface area (Å²) in [6.45, 7) is 3.89. The van der Waals surface area contributed by atoms with E-state index >= 15 is 0 Å². The molecule has 3 heterocycles. The second kappa shape index (κ2) is 4.91. The SMILES string of the molecule is CC1(C)SC(c2ncc(-c3ccc[nH]3)s2)NC1C(=O)O. The normalized spacial score (nSPS) is 24.9. The molecule has 1 fully saturated rings. The summed E-state index contributed by atoms with van der Waals surface area (Å²) in [6.07, 6.45) is 3.70. The summed E-state index contributed by atoms with van der Waals surface area (Å²) in [5.74, 6) is -0.814. The van der Waals surface area contributed by atoms with E-state index in [4.69, 9.17) is 0 Å². The number of nitrogens with zero attached hydrogens (tertiary/aromatic N) is 1. The summed E-state index contributed by atoms with van der Waals surface area (Å²) >= 11 is 3.20. The molecule has 1 aliphatic heterocycles. The van der Waals surface area contributed by atoms with E-state index in [0.717, 1.165) is 15.6 Å². The first-order chi connectivity index (χ1) is 9.47. The molecule has 0 bridgehead atoms. The van der Waals surface area contributed by atoms with Gasteiger partial charge in [0, 0.05) is 17.1 Å². The maximum absolute atomic E-state index is 11.3. The first-order valence-corrected chi connectivity index (χ1v) is 7.93. The summed E-state index contributed by atoms with van der Waals surface area (Å²) in [6, 6.07) is 3.38. The first-order valence-electron chi connectivity index (χ1n) is 6.23. The molecule has 3 N–H and O–H groups in total. The summed E-state index contributed by atoms with van der Waals surface area (Å²) in [5, 5.41) is 13.3. The number of carbonyl (C=O) groups is 1. The first kappa shape index (κ1) is 13.7. The smallest absolute Gasteiger partial charge is 0.322 e. The third-order valence-electron chi connectivity index (χ3n) is 3.29. The molecule has 20 heavy (non-hydrogen) atoms. The quantitative estimate of drug-likeness (QED) is 0.812. The van der Waals surface area contributed by atoms with Gasteiger partial charge in [0.05, 0.1) is 10.6 Å². The molecule has 3 rings (SSSR count). The van der Waals surface area contributed by atoms with E-state index in [1.807, 2.05) is 38.4 Å². The molecule has 7 heteroatoms. The Balaban J connectivity index is 1.83. The van der Waals surface area contributed by atoms with Crippen LogP contribution in [0.3, 0.4) is 0 Å². The van der Waals surface area contributed by atoms with Crippen molar-refractivity contribution in [3.8, 4) is 10.6 Å². The van der Waals surface area contributed by atoms with E-state index in [1.165, 1.54) is 0 Å². The molecule has 1 aliphatic rings. The molecule has 0 spiro atoms. The van der Waals surface area contributed by atoms with Gasteiger partial charge in [-0.3, -0.25) is 10.1 Å². The molecule has 0 aromatic carbocycles. The van der Waals surface area contributed by atoms with Crippen LogP contribution in [0, 0.1) is 0 Å². The van der Waals surface area contributed by atoms with Crippen molar-refractivity contribution in [2.45, 2.75) is 30.0 Å². The molecule has 2 atom stereocenters. The van der Waals surface area contributed by atoms with Crippen molar-refractivity contribution in [3.63, 3.8) is 0 Å². The molecule has 106 valence electrons. The highest BCUT2D eigenvalue weighted by Crippen LogP contribution is 2.47. The molecule has 2 unspecified atom stereocenters. The molecule has 5 nitrogen and oxygen atoms in total. The minimum Gasteiger partial charge on any atom is -0.480 e. The lowest BCUT2D eigenvalue weighted by Crippen LogP contribution is -2.43. The molecule has 1 saturated heterocycles. The van der Waals surface area contributed by atoms with Crippen LogP contribution in [0.1, 0.15) is 24.2 Å². The number of hydrogen-bond acceptors (Lipinski definition) is 5. The van der Waals surface area contributed by atoms with Crippen LogP contribution in [0.2, 0.25) is 0 Å². The van der Waals surface area contributed by atoms with Crippen molar-refractivity contribution in [2.75, 3.05) is 0 Å². The third-order valence-corrected chi connectivity index (χ3v) is 5.98. The van der Waals surface area contributed by atoms with Crippen LogP contribution in [-0.4, -0.2) is 31.8 Å². The van der Waals surface area contributed by atoms with Gasteiger partial charge in [0.1, 0.15) is 16.4 Å². The number of H-pyrrole nitrogens is 1. The van der Waals surface area contributed by atoms with Crippen molar-refractivity contribution in [2.24, 2.45) is 0 Å². The van der Waals surface area contributed by atoms with Gasteiger partial charge in [0.2, 0.25) is 0 Å². The molecular formula is C13H15N3O2S2. The Kier molecular flexibility index (Phi) is 3.35. The number of aromatic nitrogens is 2. The highest BCUT2D eigenvalue weighted by molar-refractivity contribution is 8.01. The van der Waals surface area contributed by atoms with Gasteiger partial charge in [-0.1, -0.05) is 0 Å². The Labute approximate surface area is 124 Å². The van der Waals surface area contributed by atoms with Gasteiger partial charge >= 0.3 is 5.97 Å². The molecular weight excluding hydrogens is 294 g/mol. The van der Waals surface area contributed by atoms with Gasteiger partial charge in [-0.15, -0.1) is 23.1 Å². The Hall–Kier alpha value is -1.31. The Bertz CT molecular complexity index is 621. The maximum Gasteiger partial charge on any atom is 0.322 e. The Morgan fingerprint density at radius 1 is 1.50 bits per heavy atom. The van der Waals surface area contributed by atoms with Crippen LogP contribution in [-0.2, 0) is 4.79 Å². The van der Waals surface area contributed by atoms with Gasteiger partial charge in [-0.25, -0.2) is 4.98 Å². The second-order valence-corrected chi connectivity index (χ2v) is 8.01. The summed E-state index contributed by atoms with van der Waals surface area (Å²) in [4.78, 5) is 19.9. The molecule has 2 aromatic heterocycles. The zero-order valence-corrected chi connectivity index (χ0v) is 12.7. The molecule has 0 amide bonds. The highest BCUT2D eigenvalue weighted by Gasteiger charge is 2.46.